The number of aromatic nitrogens is 1. The number of non-ortho nitro benzene ring substituents is 1. The summed E-state index contributed by atoms with van der Waals surface area (Å²) in [5, 5.41) is 18.6. The number of rotatable bonds is 7. The first-order valence-electron chi connectivity index (χ1n) is 10.1. The topological polar surface area (TPSA) is 114 Å². The molecule has 1 fully saturated rings. The van der Waals surface area contributed by atoms with Gasteiger partial charge in [-0.3, -0.25) is 14.9 Å². The van der Waals surface area contributed by atoms with Gasteiger partial charge in [-0.1, -0.05) is 6.07 Å². The molecule has 31 heavy (non-hydrogen) atoms. The predicted molar refractivity (Wildman–Crippen MR) is 125 cm³/mol. The third-order valence-electron chi connectivity index (χ3n) is 5.34. The first-order chi connectivity index (χ1) is 15.0. The van der Waals surface area contributed by atoms with Crippen LogP contribution in [0.25, 0.3) is 9.88 Å². The van der Waals surface area contributed by atoms with Crippen LogP contribution in [-0.2, 0) is 0 Å². The molecule has 4 rings (SSSR count). The molecule has 0 saturated carbocycles. The number of anilines is 2. The lowest BCUT2D eigenvalue weighted by Crippen LogP contribution is -2.36. The van der Waals surface area contributed by atoms with Crippen LogP contribution in [0.5, 0.6) is 0 Å². The van der Waals surface area contributed by atoms with Crippen molar-refractivity contribution >= 4 is 45.6 Å². The fourth-order valence-electron chi connectivity index (χ4n) is 3.85. The Hall–Kier alpha value is -2.82. The molecule has 0 bridgehead atoms. The van der Waals surface area contributed by atoms with E-state index in [1.165, 1.54) is 23.5 Å². The molecule has 3 heterocycles. The molecule has 0 radical (unpaired) electrons. The van der Waals surface area contributed by atoms with Crippen LogP contribution in [0.1, 0.15) is 29.8 Å². The molecule has 1 aliphatic rings. The summed E-state index contributed by atoms with van der Waals surface area (Å²) in [5.74, 6) is 0.0979. The summed E-state index contributed by atoms with van der Waals surface area (Å²) >= 11 is 2.96. The summed E-state index contributed by atoms with van der Waals surface area (Å²) in [7, 11) is 0. The van der Waals surface area contributed by atoms with Gasteiger partial charge in [0.2, 0.25) is 0 Å². The smallest absolute Gasteiger partial charge is 0.275 e. The second-order valence-corrected chi connectivity index (χ2v) is 9.27. The zero-order valence-corrected chi connectivity index (χ0v) is 18.5. The number of carbonyl (C=O) groups excluding carboxylic acids is 1. The van der Waals surface area contributed by atoms with Crippen LogP contribution in [0, 0.1) is 16.0 Å². The maximum Gasteiger partial charge on any atom is 0.275 e. The molecule has 1 atom stereocenters. The number of hydrogen-bond acceptors (Lipinski definition) is 8. The summed E-state index contributed by atoms with van der Waals surface area (Å²) in [4.78, 5) is 31.4. The molecule has 162 valence electrons. The zero-order valence-electron chi connectivity index (χ0n) is 16.8. The van der Waals surface area contributed by atoms with Crippen molar-refractivity contribution in [1.82, 2.24) is 4.98 Å². The van der Waals surface area contributed by atoms with Gasteiger partial charge in [0.1, 0.15) is 10.7 Å². The van der Waals surface area contributed by atoms with Gasteiger partial charge in [-0.25, -0.2) is 4.98 Å². The molecule has 8 nitrogen and oxygen atoms in total. The van der Waals surface area contributed by atoms with Gasteiger partial charge in [-0.15, -0.1) is 22.7 Å². The van der Waals surface area contributed by atoms with E-state index in [2.05, 4.69) is 15.2 Å². The Bertz CT molecular complexity index is 1060. The van der Waals surface area contributed by atoms with E-state index >= 15 is 0 Å². The molecular formula is C21H23N5O3S2. The highest BCUT2D eigenvalue weighted by Gasteiger charge is 2.24. The fraction of sp³-hybridized carbons (Fsp3) is 0.333. The van der Waals surface area contributed by atoms with Crippen molar-refractivity contribution in [3.8, 4) is 9.88 Å². The average molecular weight is 458 g/mol. The number of thiazole rings is 1. The number of nitrogens with one attached hydrogen (secondary N) is 1. The van der Waals surface area contributed by atoms with Crippen molar-refractivity contribution in [2.75, 3.05) is 29.9 Å². The quantitative estimate of drug-likeness (QED) is 0.396. The maximum atomic E-state index is 12.9. The normalized spacial score (nSPS) is 16.3. The number of hydrogen-bond donors (Lipinski definition) is 2. The van der Waals surface area contributed by atoms with Gasteiger partial charge in [-0.2, -0.15) is 0 Å². The lowest BCUT2D eigenvalue weighted by atomic mass is 9.94. The lowest BCUT2D eigenvalue weighted by Gasteiger charge is -2.35. The number of nitrogens with two attached hydrogens (primary N) is 1. The number of nitrogens with zero attached hydrogens (tertiary/aromatic N) is 3. The molecule has 1 saturated heterocycles. The molecule has 1 amide bonds. The SMILES string of the molecule is NCCC1CCCN(c2ccc([N+](=O)[O-])cc2NC(=O)c2csc(-c3cccs3)n2)C1. The summed E-state index contributed by atoms with van der Waals surface area (Å²) in [6, 6.07) is 8.52. The highest BCUT2D eigenvalue weighted by Crippen LogP contribution is 2.34. The number of carbonyl (C=O) groups is 1. The number of nitro benzene ring substituents is 1. The van der Waals surface area contributed by atoms with Gasteiger partial charge in [0.15, 0.2) is 0 Å². The van der Waals surface area contributed by atoms with Crippen LogP contribution in [0.4, 0.5) is 17.1 Å². The Labute approximate surface area is 187 Å². The molecule has 3 N–H and O–H groups in total. The van der Waals surface area contributed by atoms with E-state index in [0.717, 1.165) is 47.9 Å². The van der Waals surface area contributed by atoms with Gasteiger partial charge in [0.05, 0.1) is 21.2 Å². The van der Waals surface area contributed by atoms with Gasteiger partial charge < -0.3 is 16.0 Å². The van der Waals surface area contributed by atoms with Crippen LogP contribution in [0.15, 0.2) is 41.1 Å². The Morgan fingerprint density at radius 1 is 1.35 bits per heavy atom. The minimum atomic E-state index is -0.454. The molecule has 1 unspecified atom stereocenters. The van der Waals surface area contributed by atoms with Crippen LogP contribution >= 0.6 is 22.7 Å². The van der Waals surface area contributed by atoms with E-state index in [1.54, 1.807) is 22.8 Å². The van der Waals surface area contributed by atoms with Gasteiger partial charge >= 0.3 is 0 Å². The lowest BCUT2D eigenvalue weighted by molar-refractivity contribution is -0.384. The van der Waals surface area contributed by atoms with E-state index in [-0.39, 0.29) is 11.6 Å². The predicted octanol–water partition coefficient (Wildman–Crippen LogP) is 4.60. The second kappa shape index (κ2) is 9.54. The largest absolute Gasteiger partial charge is 0.370 e. The third kappa shape index (κ3) is 4.92. The molecule has 0 aliphatic carbocycles. The van der Waals surface area contributed by atoms with Crippen LogP contribution < -0.4 is 16.0 Å². The number of piperidine rings is 1. The van der Waals surface area contributed by atoms with Crippen molar-refractivity contribution in [3.63, 3.8) is 0 Å². The number of amides is 1. The van der Waals surface area contributed by atoms with Crippen molar-refractivity contribution in [1.29, 1.82) is 0 Å². The van der Waals surface area contributed by atoms with Gasteiger partial charge in [0, 0.05) is 30.6 Å². The Morgan fingerprint density at radius 3 is 2.97 bits per heavy atom. The summed E-state index contributed by atoms with van der Waals surface area (Å²) in [5.41, 5.74) is 7.19. The molecule has 2 aromatic heterocycles. The molecule has 1 aromatic carbocycles. The van der Waals surface area contributed by atoms with Gasteiger partial charge in [0.25, 0.3) is 11.6 Å². The molecule has 0 spiro atoms. The van der Waals surface area contributed by atoms with Crippen LogP contribution in [0.2, 0.25) is 0 Å². The Balaban J connectivity index is 1.59. The Morgan fingerprint density at radius 2 is 2.23 bits per heavy atom. The van der Waals surface area contributed by atoms with E-state index < -0.39 is 4.92 Å². The average Bonchev–Trinajstić information content (AvgIpc) is 3.46. The molecule has 3 aromatic rings. The number of benzene rings is 1. The minimum Gasteiger partial charge on any atom is -0.370 e. The van der Waals surface area contributed by atoms with Gasteiger partial charge in [-0.05, 0) is 49.2 Å². The van der Waals surface area contributed by atoms with E-state index in [4.69, 9.17) is 5.73 Å². The molecular weight excluding hydrogens is 434 g/mol. The molecule has 10 heteroatoms. The van der Waals surface area contributed by atoms with Crippen LogP contribution in [-0.4, -0.2) is 35.4 Å². The van der Waals surface area contributed by atoms with Crippen molar-refractivity contribution < 1.29 is 9.72 Å². The van der Waals surface area contributed by atoms with E-state index in [0.29, 0.717) is 23.8 Å². The monoisotopic (exact) mass is 457 g/mol. The standard InChI is InChI=1S/C21H23N5O3S2/c22-8-7-14-3-1-9-25(12-14)18-6-5-15(26(28)29)11-16(18)23-20(27)17-13-31-21(24-17)19-4-2-10-30-19/h2,4-6,10-11,13-14H,1,3,7-9,12,22H2,(H,23,27). The minimum absolute atomic E-state index is 0.0629. The van der Waals surface area contributed by atoms with E-state index in [9.17, 15) is 14.9 Å². The fourth-order valence-corrected chi connectivity index (χ4v) is 5.46. The van der Waals surface area contributed by atoms with Crippen molar-refractivity contribution in [2.24, 2.45) is 11.7 Å². The number of nitro groups is 1. The van der Waals surface area contributed by atoms with Crippen molar-refractivity contribution in [2.45, 2.75) is 19.3 Å². The molecule has 1 aliphatic heterocycles. The summed E-state index contributed by atoms with van der Waals surface area (Å²) in [6.07, 6.45) is 3.08. The summed E-state index contributed by atoms with van der Waals surface area (Å²) < 4.78 is 0. The van der Waals surface area contributed by atoms with Crippen LogP contribution in [0.3, 0.4) is 0 Å². The highest BCUT2D eigenvalue weighted by atomic mass is 32.1. The summed E-state index contributed by atoms with van der Waals surface area (Å²) in [6.45, 7) is 2.29. The second-order valence-electron chi connectivity index (χ2n) is 7.46. The maximum absolute atomic E-state index is 12.9. The zero-order chi connectivity index (χ0) is 21.8. The third-order valence-corrected chi connectivity index (χ3v) is 7.22. The first kappa shape index (κ1) is 21.4. The number of thiophene rings is 1. The van der Waals surface area contributed by atoms with E-state index in [1.807, 2.05) is 17.5 Å². The van der Waals surface area contributed by atoms with Crippen molar-refractivity contribution in [3.05, 3.63) is 56.9 Å². The first-order valence-corrected chi connectivity index (χ1v) is 11.9. The highest BCUT2D eigenvalue weighted by molar-refractivity contribution is 7.20. The Kier molecular flexibility index (Phi) is 6.59.